The van der Waals surface area contributed by atoms with Gasteiger partial charge in [0.25, 0.3) is 0 Å². The Balaban J connectivity index is 3.93. The molecule has 0 aliphatic carbocycles. The molecule has 0 aromatic heterocycles. The summed E-state index contributed by atoms with van der Waals surface area (Å²) in [6.07, 6.45) is 19.8. The van der Waals surface area contributed by atoms with E-state index in [0.717, 1.165) is 38.5 Å². The van der Waals surface area contributed by atoms with Crippen LogP contribution >= 0.6 is 0 Å². The average Bonchev–Trinajstić information content (AvgIpc) is 2.86. The fourth-order valence-electron chi connectivity index (χ4n) is 4.58. The fraction of sp³-hybridized carbons (Fsp3) is 0.966. The van der Waals surface area contributed by atoms with Gasteiger partial charge in [0.1, 0.15) is 12.2 Å². The monoisotopic (exact) mass is 501 g/mol. The van der Waals surface area contributed by atoms with Crippen molar-refractivity contribution >= 4 is 5.91 Å². The van der Waals surface area contributed by atoms with E-state index in [9.17, 15) is 25.2 Å². The Hall–Kier alpha value is -0.690. The highest BCUT2D eigenvalue weighted by molar-refractivity contribution is 5.80. The van der Waals surface area contributed by atoms with Crippen molar-refractivity contribution in [3.05, 3.63) is 0 Å². The molecule has 0 saturated carbocycles. The lowest BCUT2D eigenvalue weighted by Gasteiger charge is -2.27. The van der Waals surface area contributed by atoms with Crippen molar-refractivity contribution in [1.82, 2.24) is 5.32 Å². The maximum atomic E-state index is 12.3. The van der Waals surface area contributed by atoms with E-state index in [4.69, 9.17) is 0 Å². The number of aliphatic hydroxyl groups is 4. The molecule has 4 unspecified atom stereocenters. The third-order valence-corrected chi connectivity index (χ3v) is 7.07. The van der Waals surface area contributed by atoms with E-state index < -0.39 is 36.9 Å². The molecule has 0 aromatic carbocycles. The van der Waals surface area contributed by atoms with Crippen molar-refractivity contribution in [3.8, 4) is 0 Å². The highest BCUT2D eigenvalue weighted by Crippen LogP contribution is 2.15. The molecule has 0 radical (unpaired) electrons. The quantitative estimate of drug-likeness (QED) is 0.0965. The van der Waals surface area contributed by atoms with Crippen molar-refractivity contribution < 1.29 is 25.2 Å². The second-order valence-electron chi connectivity index (χ2n) is 10.5. The van der Waals surface area contributed by atoms with Crippen LogP contribution in [0.5, 0.6) is 0 Å². The lowest BCUT2D eigenvalue weighted by Crippen LogP contribution is -2.53. The highest BCUT2D eigenvalue weighted by atomic mass is 16.3. The van der Waals surface area contributed by atoms with Crippen LogP contribution in [0.1, 0.15) is 149 Å². The van der Waals surface area contributed by atoms with Crippen LogP contribution in [0, 0.1) is 0 Å². The summed E-state index contributed by atoms with van der Waals surface area (Å²) in [5, 5.41) is 43.0. The predicted molar refractivity (Wildman–Crippen MR) is 145 cm³/mol. The Morgan fingerprint density at radius 1 is 0.600 bits per heavy atom. The van der Waals surface area contributed by atoms with Crippen LogP contribution in [0.25, 0.3) is 0 Å². The van der Waals surface area contributed by atoms with Gasteiger partial charge in [-0.25, -0.2) is 0 Å². The summed E-state index contributed by atoms with van der Waals surface area (Å²) in [6, 6.07) is -0.974. The molecule has 4 atom stereocenters. The molecule has 0 rings (SSSR count). The van der Waals surface area contributed by atoms with Crippen LogP contribution < -0.4 is 5.32 Å². The number of hydrogen-bond donors (Lipinski definition) is 5. The number of hydrogen-bond acceptors (Lipinski definition) is 5. The minimum absolute atomic E-state index is 0.373. The van der Waals surface area contributed by atoms with Gasteiger partial charge in [0.05, 0.1) is 18.8 Å². The molecular formula is C29H59NO5. The van der Waals surface area contributed by atoms with Crippen LogP contribution in [-0.2, 0) is 4.79 Å². The second-order valence-corrected chi connectivity index (χ2v) is 10.5. The predicted octanol–water partition coefficient (Wildman–Crippen LogP) is 5.78. The van der Waals surface area contributed by atoms with Gasteiger partial charge in [-0.1, -0.05) is 136 Å². The standard InChI is InChI=1S/C29H59NO5/c1-3-5-7-9-11-13-15-17-19-21-23-27(33)29(35)30-25(24-31)28(34)26(32)22-20-18-16-14-12-10-8-6-4-2/h25-28,31-34H,3-24H2,1-2H3,(H,30,35). The number of nitrogens with one attached hydrogen (secondary N) is 1. The maximum Gasteiger partial charge on any atom is 0.249 e. The Morgan fingerprint density at radius 3 is 1.37 bits per heavy atom. The Kier molecular flexibility index (Phi) is 24.5. The van der Waals surface area contributed by atoms with Crippen LogP contribution in [0.3, 0.4) is 0 Å². The molecule has 5 N–H and O–H groups in total. The molecular weight excluding hydrogens is 442 g/mol. The van der Waals surface area contributed by atoms with Crippen molar-refractivity contribution in [3.63, 3.8) is 0 Å². The van der Waals surface area contributed by atoms with Gasteiger partial charge < -0.3 is 25.7 Å². The minimum atomic E-state index is -1.25. The zero-order valence-electron chi connectivity index (χ0n) is 23.1. The maximum absolute atomic E-state index is 12.3. The third kappa shape index (κ3) is 20.1. The summed E-state index contributed by atoms with van der Waals surface area (Å²) in [5.74, 6) is -0.589. The normalized spacial score (nSPS) is 15.0. The summed E-state index contributed by atoms with van der Waals surface area (Å²) < 4.78 is 0. The topological polar surface area (TPSA) is 110 Å². The van der Waals surface area contributed by atoms with Crippen molar-refractivity contribution in [2.75, 3.05) is 6.61 Å². The smallest absolute Gasteiger partial charge is 0.249 e. The SMILES string of the molecule is CCCCCCCCCCCCC(O)C(=O)NC(CO)C(O)C(O)CCCCCCCCCCC. The van der Waals surface area contributed by atoms with Gasteiger partial charge in [-0.05, 0) is 12.8 Å². The molecule has 35 heavy (non-hydrogen) atoms. The molecule has 0 fully saturated rings. The second kappa shape index (κ2) is 25.0. The summed E-state index contributed by atoms with van der Waals surface area (Å²) in [6.45, 7) is 3.96. The van der Waals surface area contributed by atoms with Gasteiger partial charge in [0.2, 0.25) is 5.91 Å². The van der Waals surface area contributed by atoms with E-state index >= 15 is 0 Å². The number of amides is 1. The van der Waals surface area contributed by atoms with E-state index in [2.05, 4.69) is 19.2 Å². The van der Waals surface area contributed by atoms with Gasteiger partial charge in [-0.3, -0.25) is 4.79 Å². The number of carbonyl (C=O) groups is 1. The lowest BCUT2D eigenvalue weighted by molar-refractivity contribution is -0.132. The Morgan fingerprint density at radius 2 is 0.971 bits per heavy atom. The zero-order chi connectivity index (χ0) is 26.2. The highest BCUT2D eigenvalue weighted by Gasteiger charge is 2.28. The molecule has 0 aliphatic rings. The van der Waals surface area contributed by atoms with Crippen LogP contribution in [0.2, 0.25) is 0 Å². The summed E-state index contributed by atoms with van der Waals surface area (Å²) in [5.41, 5.74) is 0. The molecule has 6 heteroatoms. The largest absolute Gasteiger partial charge is 0.394 e. The Bertz CT molecular complexity index is 462. The molecule has 0 heterocycles. The molecule has 0 aliphatic heterocycles. The van der Waals surface area contributed by atoms with E-state index in [-0.39, 0.29) is 0 Å². The van der Waals surface area contributed by atoms with Gasteiger partial charge in [0.15, 0.2) is 0 Å². The number of aliphatic hydroxyl groups excluding tert-OH is 4. The number of carbonyl (C=O) groups excluding carboxylic acids is 1. The van der Waals surface area contributed by atoms with Crippen molar-refractivity contribution in [1.29, 1.82) is 0 Å². The first kappa shape index (κ1) is 34.3. The number of unbranched alkanes of at least 4 members (excludes halogenated alkanes) is 17. The molecule has 210 valence electrons. The zero-order valence-corrected chi connectivity index (χ0v) is 23.1. The van der Waals surface area contributed by atoms with Crippen LogP contribution in [-0.4, -0.2) is 57.3 Å². The molecule has 0 saturated heterocycles. The summed E-state index contributed by atoms with van der Waals surface area (Å²) in [4.78, 5) is 12.3. The van der Waals surface area contributed by atoms with Crippen LogP contribution in [0.15, 0.2) is 0 Å². The Labute approximate surface area is 216 Å². The van der Waals surface area contributed by atoms with Crippen molar-refractivity contribution in [2.45, 2.75) is 173 Å². The molecule has 0 aromatic rings. The van der Waals surface area contributed by atoms with E-state index in [1.807, 2.05) is 0 Å². The first-order valence-electron chi connectivity index (χ1n) is 14.9. The van der Waals surface area contributed by atoms with Crippen LogP contribution in [0.4, 0.5) is 0 Å². The van der Waals surface area contributed by atoms with Gasteiger partial charge >= 0.3 is 0 Å². The van der Waals surface area contributed by atoms with E-state index in [1.165, 1.54) is 83.5 Å². The van der Waals surface area contributed by atoms with Gasteiger partial charge in [0, 0.05) is 0 Å². The van der Waals surface area contributed by atoms with Gasteiger partial charge in [-0.2, -0.15) is 0 Å². The molecule has 0 spiro atoms. The molecule has 1 amide bonds. The summed E-state index contributed by atoms with van der Waals surface area (Å²) >= 11 is 0. The number of rotatable bonds is 26. The molecule has 6 nitrogen and oxygen atoms in total. The average molecular weight is 502 g/mol. The minimum Gasteiger partial charge on any atom is -0.394 e. The molecule has 0 bridgehead atoms. The third-order valence-electron chi connectivity index (χ3n) is 7.07. The summed E-state index contributed by atoms with van der Waals surface area (Å²) in [7, 11) is 0. The van der Waals surface area contributed by atoms with Crippen molar-refractivity contribution in [2.24, 2.45) is 0 Å². The first-order valence-corrected chi connectivity index (χ1v) is 14.9. The lowest BCUT2D eigenvalue weighted by atomic mass is 9.99. The van der Waals surface area contributed by atoms with Gasteiger partial charge in [-0.15, -0.1) is 0 Å². The van der Waals surface area contributed by atoms with E-state index in [1.54, 1.807) is 0 Å². The van der Waals surface area contributed by atoms with E-state index in [0.29, 0.717) is 12.8 Å². The first-order chi connectivity index (χ1) is 17.0. The fourth-order valence-corrected chi connectivity index (χ4v) is 4.58.